The average molecular weight is 321 g/mol. The molecule has 2 heterocycles. The van der Waals surface area contributed by atoms with Gasteiger partial charge in [0.2, 0.25) is 5.95 Å². The average Bonchev–Trinajstić information content (AvgIpc) is 2.93. The van der Waals surface area contributed by atoms with E-state index in [1.807, 2.05) is 6.07 Å². The molecule has 0 amide bonds. The predicted octanol–water partition coefficient (Wildman–Crippen LogP) is 3.84. The number of halogens is 1. The van der Waals surface area contributed by atoms with Crippen LogP contribution in [0, 0.1) is 5.82 Å². The van der Waals surface area contributed by atoms with E-state index in [2.05, 4.69) is 50.5 Å². The maximum atomic E-state index is 13.0. The van der Waals surface area contributed by atoms with Gasteiger partial charge >= 0.3 is 0 Å². The van der Waals surface area contributed by atoms with Gasteiger partial charge in [-0.25, -0.2) is 4.39 Å². The number of hydrogen-bond donors (Lipinski definition) is 1. The number of fused-ring (bicyclic) bond motifs is 1. The molecule has 6 heteroatoms. The highest BCUT2D eigenvalue weighted by Crippen LogP contribution is 2.37. The highest BCUT2D eigenvalue weighted by Gasteiger charge is 2.28. The lowest BCUT2D eigenvalue weighted by Gasteiger charge is -2.23. The molecule has 0 radical (unpaired) electrons. The highest BCUT2D eigenvalue weighted by atomic mass is 19.1. The number of nitrogens with zero attached hydrogens (tertiary/aromatic N) is 4. The molecule has 2 aromatic carbocycles. The zero-order chi connectivity index (χ0) is 16.5. The van der Waals surface area contributed by atoms with Crippen molar-refractivity contribution in [3.63, 3.8) is 0 Å². The first-order valence-electron chi connectivity index (χ1n) is 7.80. The van der Waals surface area contributed by atoms with Crippen LogP contribution in [0.3, 0.4) is 0 Å². The zero-order valence-electron chi connectivity index (χ0n) is 13.1. The second kappa shape index (κ2) is 5.88. The van der Waals surface area contributed by atoms with Crippen LogP contribution in [0.1, 0.15) is 12.5 Å². The SMILES string of the molecule is CC1Cc2ccccc2N1c1cnnc(Nc2ccc(F)cc2)n1. The van der Waals surface area contributed by atoms with Crippen LogP contribution in [0.15, 0.2) is 54.7 Å². The minimum Gasteiger partial charge on any atom is -0.323 e. The van der Waals surface area contributed by atoms with Gasteiger partial charge in [0, 0.05) is 17.4 Å². The monoisotopic (exact) mass is 321 g/mol. The van der Waals surface area contributed by atoms with Crippen LogP contribution in [-0.4, -0.2) is 21.2 Å². The molecule has 1 aromatic heterocycles. The van der Waals surface area contributed by atoms with Crippen molar-refractivity contribution in [3.8, 4) is 0 Å². The summed E-state index contributed by atoms with van der Waals surface area (Å²) < 4.78 is 13.0. The van der Waals surface area contributed by atoms with Crippen molar-refractivity contribution in [2.75, 3.05) is 10.2 Å². The summed E-state index contributed by atoms with van der Waals surface area (Å²) in [6.07, 6.45) is 2.63. The molecule has 4 rings (SSSR count). The predicted molar refractivity (Wildman–Crippen MR) is 91.3 cm³/mol. The number of para-hydroxylation sites is 1. The van der Waals surface area contributed by atoms with Crippen LogP contribution < -0.4 is 10.2 Å². The van der Waals surface area contributed by atoms with Crippen molar-refractivity contribution in [2.45, 2.75) is 19.4 Å². The smallest absolute Gasteiger partial charge is 0.249 e. The summed E-state index contributed by atoms with van der Waals surface area (Å²) in [5.41, 5.74) is 3.17. The van der Waals surface area contributed by atoms with Crippen LogP contribution in [0.5, 0.6) is 0 Å². The minimum atomic E-state index is -0.282. The number of aromatic nitrogens is 3. The molecule has 0 fully saturated rings. The molecule has 0 spiro atoms. The van der Waals surface area contributed by atoms with Gasteiger partial charge in [0.15, 0.2) is 5.82 Å². The molecule has 120 valence electrons. The standard InChI is InChI=1S/C18H16FN5/c1-12-10-13-4-2-3-5-16(13)24(12)17-11-20-23-18(22-17)21-15-8-6-14(19)7-9-15/h2-9,11-12H,10H2,1H3,(H,21,22,23). The summed E-state index contributed by atoms with van der Waals surface area (Å²) in [7, 11) is 0. The highest BCUT2D eigenvalue weighted by molar-refractivity contribution is 5.69. The van der Waals surface area contributed by atoms with Gasteiger partial charge in [0.05, 0.1) is 6.20 Å². The molecule has 1 aliphatic rings. The molecule has 5 nitrogen and oxygen atoms in total. The van der Waals surface area contributed by atoms with Gasteiger partial charge in [-0.2, -0.15) is 10.1 Å². The molecule has 0 bridgehead atoms. The molecular formula is C18H16FN5. The van der Waals surface area contributed by atoms with Crippen molar-refractivity contribution < 1.29 is 4.39 Å². The molecular weight excluding hydrogens is 305 g/mol. The molecule has 24 heavy (non-hydrogen) atoms. The first-order chi connectivity index (χ1) is 11.7. The summed E-state index contributed by atoms with van der Waals surface area (Å²) in [4.78, 5) is 6.74. The molecule has 0 saturated carbocycles. The van der Waals surface area contributed by atoms with Gasteiger partial charge in [0.25, 0.3) is 0 Å². The van der Waals surface area contributed by atoms with Gasteiger partial charge in [-0.05, 0) is 49.2 Å². The Bertz CT molecular complexity index is 865. The molecule has 1 N–H and O–H groups in total. The van der Waals surface area contributed by atoms with E-state index >= 15 is 0 Å². The number of anilines is 4. The first-order valence-corrected chi connectivity index (χ1v) is 7.80. The van der Waals surface area contributed by atoms with Gasteiger partial charge in [-0.15, -0.1) is 5.10 Å². The van der Waals surface area contributed by atoms with E-state index < -0.39 is 0 Å². The fraction of sp³-hybridized carbons (Fsp3) is 0.167. The minimum absolute atomic E-state index is 0.282. The van der Waals surface area contributed by atoms with Crippen molar-refractivity contribution in [2.24, 2.45) is 0 Å². The lowest BCUT2D eigenvalue weighted by atomic mass is 10.1. The van der Waals surface area contributed by atoms with E-state index in [9.17, 15) is 4.39 Å². The van der Waals surface area contributed by atoms with E-state index in [1.54, 1.807) is 18.3 Å². The van der Waals surface area contributed by atoms with Gasteiger partial charge < -0.3 is 10.2 Å². The Morgan fingerprint density at radius 3 is 2.75 bits per heavy atom. The Morgan fingerprint density at radius 1 is 1.12 bits per heavy atom. The molecule has 1 atom stereocenters. The topological polar surface area (TPSA) is 53.9 Å². The molecule has 1 unspecified atom stereocenters. The number of hydrogen-bond acceptors (Lipinski definition) is 5. The van der Waals surface area contributed by atoms with Crippen LogP contribution in [0.2, 0.25) is 0 Å². The third-order valence-corrected chi connectivity index (χ3v) is 4.10. The van der Waals surface area contributed by atoms with Crippen LogP contribution >= 0.6 is 0 Å². The van der Waals surface area contributed by atoms with Crippen LogP contribution in [0.4, 0.5) is 27.5 Å². The second-order valence-electron chi connectivity index (χ2n) is 5.82. The second-order valence-corrected chi connectivity index (χ2v) is 5.82. The van der Waals surface area contributed by atoms with Crippen molar-refractivity contribution in [1.29, 1.82) is 0 Å². The maximum absolute atomic E-state index is 13.0. The zero-order valence-corrected chi connectivity index (χ0v) is 13.1. The van der Waals surface area contributed by atoms with Gasteiger partial charge in [0.1, 0.15) is 5.82 Å². The van der Waals surface area contributed by atoms with E-state index in [0.717, 1.165) is 17.9 Å². The Balaban J connectivity index is 1.64. The fourth-order valence-electron chi connectivity index (χ4n) is 3.04. The summed E-state index contributed by atoms with van der Waals surface area (Å²) >= 11 is 0. The third kappa shape index (κ3) is 2.67. The molecule has 1 aliphatic heterocycles. The Hall–Kier alpha value is -3.02. The van der Waals surface area contributed by atoms with Crippen molar-refractivity contribution >= 4 is 23.1 Å². The maximum Gasteiger partial charge on any atom is 0.249 e. The quantitative estimate of drug-likeness (QED) is 0.794. The normalized spacial score (nSPS) is 16.1. The molecule has 3 aromatic rings. The summed E-state index contributed by atoms with van der Waals surface area (Å²) in [5, 5.41) is 11.1. The number of rotatable bonds is 3. The number of nitrogens with one attached hydrogen (secondary N) is 1. The number of benzene rings is 2. The van der Waals surface area contributed by atoms with Crippen molar-refractivity contribution in [3.05, 3.63) is 66.1 Å². The van der Waals surface area contributed by atoms with E-state index in [0.29, 0.717) is 17.7 Å². The summed E-state index contributed by atoms with van der Waals surface area (Å²) in [5.74, 6) is 0.846. The lowest BCUT2D eigenvalue weighted by molar-refractivity contribution is 0.628. The molecule has 0 aliphatic carbocycles. The summed E-state index contributed by atoms with van der Waals surface area (Å²) in [6, 6.07) is 14.7. The van der Waals surface area contributed by atoms with Gasteiger partial charge in [-0.3, -0.25) is 0 Å². The Labute approximate surface area is 139 Å². The Kier molecular flexibility index (Phi) is 3.57. The van der Waals surface area contributed by atoms with E-state index in [4.69, 9.17) is 0 Å². The lowest BCUT2D eigenvalue weighted by Crippen LogP contribution is -2.25. The largest absolute Gasteiger partial charge is 0.323 e. The van der Waals surface area contributed by atoms with E-state index in [-0.39, 0.29) is 5.82 Å². The van der Waals surface area contributed by atoms with Crippen LogP contribution in [-0.2, 0) is 6.42 Å². The summed E-state index contributed by atoms with van der Waals surface area (Å²) in [6.45, 7) is 2.16. The van der Waals surface area contributed by atoms with E-state index in [1.165, 1.54) is 17.7 Å². The van der Waals surface area contributed by atoms with Gasteiger partial charge in [-0.1, -0.05) is 18.2 Å². The first kappa shape index (κ1) is 14.6. The molecule has 0 saturated heterocycles. The van der Waals surface area contributed by atoms with Crippen molar-refractivity contribution in [1.82, 2.24) is 15.2 Å². The Morgan fingerprint density at radius 2 is 1.92 bits per heavy atom. The third-order valence-electron chi connectivity index (χ3n) is 4.10. The fourth-order valence-corrected chi connectivity index (χ4v) is 3.04. The van der Waals surface area contributed by atoms with Crippen LogP contribution in [0.25, 0.3) is 0 Å².